The number of nitrogens with one attached hydrogen (secondary N) is 1. The topological polar surface area (TPSA) is 37.8 Å². The SMILES string of the molecule is Brc1csc(CNCCSc2ncccn2)c1. The molecule has 2 heterocycles. The minimum atomic E-state index is 0.841. The Bertz CT molecular complexity index is 447. The quantitative estimate of drug-likeness (QED) is 0.501. The van der Waals surface area contributed by atoms with Crippen LogP contribution in [0.3, 0.4) is 0 Å². The molecule has 0 saturated carbocycles. The summed E-state index contributed by atoms with van der Waals surface area (Å²) in [6.07, 6.45) is 3.54. The first-order valence-electron chi connectivity index (χ1n) is 5.18. The third-order valence-electron chi connectivity index (χ3n) is 1.97. The van der Waals surface area contributed by atoms with Gasteiger partial charge in [-0.3, -0.25) is 0 Å². The molecule has 2 aromatic heterocycles. The Labute approximate surface area is 117 Å². The van der Waals surface area contributed by atoms with Crippen molar-refractivity contribution in [1.29, 1.82) is 0 Å². The van der Waals surface area contributed by atoms with Crippen molar-refractivity contribution in [3.63, 3.8) is 0 Å². The van der Waals surface area contributed by atoms with Gasteiger partial charge in [0.05, 0.1) is 0 Å². The van der Waals surface area contributed by atoms with E-state index in [0.29, 0.717) is 0 Å². The highest BCUT2D eigenvalue weighted by Crippen LogP contribution is 2.19. The lowest BCUT2D eigenvalue weighted by Gasteiger charge is -2.01. The molecule has 2 rings (SSSR count). The Morgan fingerprint density at radius 2 is 2.18 bits per heavy atom. The van der Waals surface area contributed by atoms with E-state index in [9.17, 15) is 0 Å². The molecule has 1 N–H and O–H groups in total. The van der Waals surface area contributed by atoms with Crippen molar-refractivity contribution >= 4 is 39.0 Å². The third kappa shape index (κ3) is 4.75. The summed E-state index contributed by atoms with van der Waals surface area (Å²) in [5.74, 6) is 0.983. The normalized spacial score (nSPS) is 10.6. The first-order valence-corrected chi connectivity index (χ1v) is 7.84. The Kier molecular flexibility index (Phi) is 5.44. The molecular formula is C11H12BrN3S2. The van der Waals surface area contributed by atoms with Crippen LogP contribution >= 0.6 is 39.0 Å². The van der Waals surface area contributed by atoms with Gasteiger partial charge < -0.3 is 5.32 Å². The molecule has 0 aromatic carbocycles. The lowest BCUT2D eigenvalue weighted by Crippen LogP contribution is -2.15. The van der Waals surface area contributed by atoms with Crippen molar-refractivity contribution in [2.45, 2.75) is 11.7 Å². The van der Waals surface area contributed by atoms with Crippen LogP contribution in [0.2, 0.25) is 0 Å². The van der Waals surface area contributed by atoms with Crippen LogP contribution in [0.4, 0.5) is 0 Å². The van der Waals surface area contributed by atoms with Crippen LogP contribution in [0.15, 0.2) is 39.5 Å². The Balaban J connectivity index is 1.61. The monoisotopic (exact) mass is 329 g/mol. The van der Waals surface area contributed by atoms with E-state index in [1.807, 2.05) is 6.07 Å². The van der Waals surface area contributed by atoms with Crippen LogP contribution in [-0.4, -0.2) is 22.3 Å². The molecule has 90 valence electrons. The minimum absolute atomic E-state index is 0.841. The zero-order valence-corrected chi connectivity index (χ0v) is 12.3. The number of thioether (sulfide) groups is 1. The van der Waals surface area contributed by atoms with Crippen molar-refractivity contribution in [1.82, 2.24) is 15.3 Å². The highest BCUT2D eigenvalue weighted by atomic mass is 79.9. The molecule has 6 heteroatoms. The van der Waals surface area contributed by atoms with Gasteiger partial charge in [0, 0.05) is 46.0 Å². The molecule has 0 unspecified atom stereocenters. The van der Waals surface area contributed by atoms with Gasteiger partial charge in [0.2, 0.25) is 0 Å². The number of aromatic nitrogens is 2. The number of rotatable bonds is 6. The zero-order chi connectivity index (χ0) is 11.9. The lowest BCUT2D eigenvalue weighted by atomic mass is 10.4. The molecule has 0 fully saturated rings. The van der Waals surface area contributed by atoms with E-state index in [0.717, 1.165) is 28.5 Å². The fraction of sp³-hybridized carbons (Fsp3) is 0.273. The molecule has 0 saturated heterocycles. The Morgan fingerprint density at radius 3 is 2.88 bits per heavy atom. The number of hydrogen-bond donors (Lipinski definition) is 1. The number of halogens is 1. The van der Waals surface area contributed by atoms with Gasteiger partial charge in [0.15, 0.2) is 5.16 Å². The largest absolute Gasteiger partial charge is 0.311 e. The van der Waals surface area contributed by atoms with E-state index in [-0.39, 0.29) is 0 Å². The van der Waals surface area contributed by atoms with E-state index in [1.54, 1.807) is 35.5 Å². The fourth-order valence-corrected chi connectivity index (χ4v) is 3.35. The van der Waals surface area contributed by atoms with Crippen LogP contribution in [0.5, 0.6) is 0 Å². The van der Waals surface area contributed by atoms with Gasteiger partial charge in [0.25, 0.3) is 0 Å². The smallest absolute Gasteiger partial charge is 0.187 e. The van der Waals surface area contributed by atoms with Gasteiger partial charge in [-0.1, -0.05) is 11.8 Å². The molecular weight excluding hydrogens is 318 g/mol. The molecule has 17 heavy (non-hydrogen) atoms. The summed E-state index contributed by atoms with van der Waals surface area (Å²) >= 11 is 6.88. The maximum atomic E-state index is 4.16. The Hall–Kier alpha value is -0.430. The van der Waals surface area contributed by atoms with Gasteiger partial charge in [0.1, 0.15) is 0 Å². The van der Waals surface area contributed by atoms with Crippen molar-refractivity contribution < 1.29 is 0 Å². The molecule has 0 bridgehead atoms. The summed E-state index contributed by atoms with van der Waals surface area (Å²) < 4.78 is 1.16. The molecule has 0 spiro atoms. The van der Waals surface area contributed by atoms with Crippen molar-refractivity contribution in [2.75, 3.05) is 12.3 Å². The average molecular weight is 330 g/mol. The average Bonchev–Trinajstić information content (AvgIpc) is 2.76. The van der Waals surface area contributed by atoms with Crippen molar-refractivity contribution in [2.24, 2.45) is 0 Å². The van der Waals surface area contributed by atoms with Crippen molar-refractivity contribution in [3.05, 3.63) is 39.3 Å². The van der Waals surface area contributed by atoms with E-state index in [4.69, 9.17) is 0 Å². The standard InChI is InChI=1S/C11H12BrN3S2/c12-9-6-10(17-8-9)7-13-4-5-16-11-14-2-1-3-15-11/h1-3,6,8,13H,4-5,7H2. The molecule has 0 radical (unpaired) electrons. The van der Waals surface area contributed by atoms with Crippen LogP contribution < -0.4 is 5.32 Å². The van der Waals surface area contributed by atoms with E-state index in [2.05, 4.69) is 42.7 Å². The molecule has 2 aromatic rings. The second-order valence-electron chi connectivity index (χ2n) is 3.29. The van der Waals surface area contributed by atoms with Gasteiger partial charge in [-0.15, -0.1) is 11.3 Å². The van der Waals surface area contributed by atoms with Crippen LogP contribution in [0.25, 0.3) is 0 Å². The highest BCUT2D eigenvalue weighted by molar-refractivity contribution is 9.10. The maximum Gasteiger partial charge on any atom is 0.187 e. The predicted molar refractivity (Wildman–Crippen MR) is 76.5 cm³/mol. The first-order chi connectivity index (χ1) is 8.34. The second kappa shape index (κ2) is 7.10. The number of hydrogen-bond acceptors (Lipinski definition) is 5. The molecule has 0 aliphatic heterocycles. The Morgan fingerprint density at radius 1 is 1.35 bits per heavy atom. The fourth-order valence-electron chi connectivity index (χ4n) is 1.23. The van der Waals surface area contributed by atoms with E-state index < -0.39 is 0 Å². The van der Waals surface area contributed by atoms with Crippen LogP contribution in [0.1, 0.15) is 4.88 Å². The second-order valence-corrected chi connectivity index (χ2v) is 6.26. The molecule has 0 aliphatic carbocycles. The van der Waals surface area contributed by atoms with E-state index >= 15 is 0 Å². The molecule has 3 nitrogen and oxygen atoms in total. The van der Waals surface area contributed by atoms with Crippen LogP contribution in [-0.2, 0) is 6.54 Å². The highest BCUT2D eigenvalue weighted by Gasteiger charge is 1.98. The third-order valence-corrected chi connectivity index (χ3v) is 4.55. The summed E-state index contributed by atoms with van der Waals surface area (Å²) in [6.45, 7) is 1.88. The van der Waals surface area contributed by atoms with Gasteiger partial charge in [-0.05, 0) is 28.1 Å². The predicted octanol–water partition coefficient (Wildman–Crippen LogP) is 3.18. The minimum Gasteiger partial charge on any atom is -0.311 e. The number of thiophene rings is 1. The summed E-state index contributed by atoms with van der Waals surface area (Å²) in [7, 11) is 0. The van der Waals surface area contributed by atoms with Crippen LogP contribution in [0, 0.1) is 0 Å². The molecule has 0 atom stereocenters. The van der Waals surface area contributed by atoms with Gasteiger partial charge >= 0.3 is 0 Å². The lowest BCUT2D eigenvalue weighted by molar-refractivity contribution is 0.740. The zero-order valence-electron chi connectivity index (χ0n) is 9.10. The summed E-state index contributed by atoms with van der Waals surface area (Å²) in [6, 6.07) is 3.97. The van der Waals surface area contributed by atoms with E-state index in [1.165, 1.54) is 4.88 Å². The molecule has 0 amide bonds. The number of nitrogens with zero attached hydrogens (tertiary/aromatic N) is 2. The summed E-state index contributed by atoms with van der Waals surface area (Å²) in [4.78, 5) is 9.66. The van der Waals surface area contributed by atoms with Gasteiger partial charge in [-0.25, -0.2) is 9.97 Å². The van der Waals surface area contributed by atoms with Gasteiger partial charge in [-0.2, -0.15) is 0 Å². The molecule has 0 aliphatic rings. The maximum absolute atomic E-state index is 4.16. The summed E-state index contributed by atoms with van der Waals surface area (Å²) in [5.41, 5.74) is 0. The first kappa shape index (κ1) is 13.0. The summed E-state index contributed by atoms with van der Waals surface area (Å²) in [5, 5.41) is 6.34. The van der Waals surface area contributed by atoms with Crippen molar-refractivity contribution in [3.8, 4) is 0 Å².